The van der Waals surface area contributed by atoms with Gasteiger partial charge < -0.3 is 4.90 Å². The molecule has 0 unspecified atom stereocenters. The quantitative estimate of drug-likeness (QED) is 0.870. The Morgan fingerprint density at radius 1 is 1.25 bits per heavy atom. The van der Waals surface area contributed by atoms with Gasteiger partial charge in [-0.15, -0.1) is 0 Å². The highest BCUT2D eigenvalue weighted by molar-refractivity contribution is 6.42. The Bertz CT molecular complexity index is 511. The molecule has 0 atom stereocenters. The molecule has 1 aromatic rings. The molecule has 0 spiro atoms. The lowest BCUT2D eigenvalue weighted by Gasteiger charge is -2.31. The minimum atomic E-state index is -0.161. The molecule has 2 rings (SSSR count). The number of halogens is 2. The zero-order chi connectivity index (χ0) is 14.5. The van der Waals surface area contributed by atoms with Crippen LogP contribution in [0.1, 0.15) is 5.56 Å². The van der Waals surface area contributed by atoms with Gasteiger partial charge in [0, 0.05) is 32.3 Å². The maximum Gasteiger partial charge on any atom is 0.258 e. The van der Waals surface area contributed by atoms with Crippen molar-refractivity contribution in [3.63, 3.8) is 0 Å². The van der Waals surface area contributed by atoms with Crippen LogP contribution in [0.5, 0.6) is 0 Å². The molecule has 1 aliphatic heterocycles. The summed E-state index contributed by atoms with van der Waals surface area (Å²) in [6.07, 6.45) is 3.13. The summed E-state index contributed by atoms with van der Waals surface area (Å²) in [6.45, 7) is 3.55. The maximum absolute atomic E-state index is 11.8. The Morgan fingerprint density at radius 3 is 2.65 bits per heavy atom. The number of piperazine rings is 1. The summed E-state index contributed by atoms with van der Waals surface area (Å²) in [7, 11) is 2.07. The lowest BCUT2D eigenvalue weighted by Crippen LogP contribution is -2.52. The van der Waals surface area contributed by atoms with Gasteiger partial charge in [0.2, 0.25) is 0 Å². The van der Waals surface area contributed by atoms with Crippen molar-refractivity contribution in [1.82, 2.24) is 15.3 Å². The predicted octanol–water partition coefficient (Wildman–Crippen LogP) is 2.29. The molecule has 4 nitrogen and oxygen atoms in total. The number of nitrogens with one attached hydrogen (secondary N) is 1. The lowest BCUT2D eigenvalue weighted by atomic mass is 10.2. The molecule has 20 heavy (non-hydrogen) atoms. The van der Waals surface area contributed by atoms with Gasteiger partial charge in [-0.1, -0.05) is 35.3 Å². The van der Waals surface area contributed by atoms with Crippen LogP contribution in [0.4, 0.5) is 0 Å². The van der Waals surface area contributed by atoms with Crippen LogP contribution in [0.3, 0.4) is 0 Å². The molecule has 0 radical (unpaired) electrons. The number of carbonyl (C=O) groups excluding carboxylic acids is 1. The molecule has 0 saturated carbocycles. The lowest BCUT2D eigenvalue weighted by molar-refractivity contribution is -0.121. The van der Waals surface area contributed by atoms with E-state index in [1.807, 2.05) is 11.1 Å². The van der Waals surface area contributed by atoms with E-state index in [-0.39, 0.29) is 5.91 Å². The number of benzene rings is 1. The highest BCUT2D eigenvalue weighted by atomic mass is 35.5. The highest BCUT2D eigenvalue weighted by Crippen LogP contribution is 2.26. The molecule has 0 bridgehead atoms. The first-order chi connectivity index (χ1) is 9.56. The van der Waals surface area contributed by atoms with Crippen molar-refractivity contribution in [2.75, 3.05) is 33.2 Å². The molecule has 0 aromatic heterocycles. The van der Waals surface area contributed by atoms with Crippen LogP contribution in [0.2, 0.25) is 10.0 Å². The van der Waals surface area contributed by atoms with E-state index in [9.17, 15) is 4.79 Å². The fourth-order valence-electron chi connectivity index (χ4n) is 1.93. The zero-order valence-electron chi connectivity index (χ0n) is 11.3. The van der Waals surface area contributed by atoms with Crippen LogP contribution in [0, 0.1) is 0 Å². The van der Waals surface area contributed by atoms with E-state index in [1.54, 1.807) is 18.2 Å². The van der Waals surface area contributed by atoms with Crippen LogP contribution in [-0.2, 0) is 4.79 Å². The minimum absolute atomic E-state index is 0.161. The number of hydrazine groups is 1. The van der Waals surface area contributed by atoms with Crippen LogP contribution in [0.25, 0.3) is 6.08 Å². The average Bonchev–Trinajstić information content (AvgIpc) is 2.43. The number of rotatable bonds is 3. The van der Waals surface area contributed by atoms with Crippen LogP contribution < -0.4 is 5.43 Å². The molecule has 108 valence electrons. The second-order valence-corrected chi connectivity index (χ2v) is 5.53. The monoisotopic (exact) mass is 313 g/mol. The van der Waals surface area contributed by atoms with E-state index in [4.69, 9.17) is 23.2 Å². The van der Waals surface area contributed by atoms with Crippen molar-refractivity contribution in [2.24, 2.45) is 0 Å². The van der Waals surface area contributed by atoms with Gasteiger partial charge in [-0.25, -0.2) is 5.01 Å². The van der Waals surface area contributed by atoms with Crippen molar-refractivity contribution in [3.05, 3.63) is 39.9 Å². The van der Waals surface area contributed by atoms with E-state index in [1.165, 1.54) is 6.08 Å². The molecule has 1 saturated heterocycles. The van der Waals surface area contributed by atoms with Crippen LogP contribution >= 0.6 is 23.2 Å². The summed E-state index contributed by atoms with van der Waals surface area (Å²) in [5, 5.41) is 2.86. The van der Waals surface area contributed by atoms with Gasteiger partial charge >= 0.3 is 0 Å². The molecule has 1 heterocycles. The van der Waals surface area contributed by atoms with Crippen LogP contribution in [0.15, 0.2) is 24.3 Å². The van der Waals surface area contributed by atoms with Crippen molar-refractivity contribution < 1.29 is 4.79 Å². The normalized spacial score (nSPS) is 17.6. The van der Waals surface area contributed by atoms with Crippen molar-refractivity contribution in [3.8, 4) is 0 Å². The number of likely N-dealkylation sites (N-methyl/N-ethyl adjacent to an activating group) is 1. The fraction of sp³-hybridized carbons (Fsp3) is 0.357. The smallest absolute Gasteiger partial charge is 0.258 e. The zero-order valence-corrected chi connectivity index (χ0v) is 12.8. The van der Waals surface area contributed by atoms with E-state index in [2.05, 4.69) is 17.4 Å². The first-order valence-corrected chi connectivity index (χ1v) is 7.18. The number of carbonyl (C=O) groups is 1. The third-order valence-electron chi connectivity index (χ3n) is 3.17. The van der Waals surface area contributed by atoms with Gasteiger partial charge in [-0.2, -0.15) is 0 Å². The topological polar surface area (TPSA) is 35.6 Å². The largest absolute Gasteiger partial charge is 0.304 e. The number of hydrogen-bond acceptors (Lipinski definition) is 3. The number of nitrogens with zero attached hydrogens (tertiary/aromatic N) is 2. The van der Waals surface area contributed by atoms with Crippen molar-refractivity contribution >= 4 is 35.2 Å². The standard InChI is InChI=1S/C14H17Cl2N3O/c1-18-7-9-19(10-8-18)17-13(20)6-5-11-3-2-4-12(15)14(11)16/h2-6H,7-10H2,1H3,(H,17,20)/b6-5+. The SMILES string of the molecule is CN1CCN(NC(=O)/C=C/c2cccc(Cl)c2Cl)CC1. The summed E-state index contributed by atoms with van der Waals surface area (Å²) < 4.78 is 0. The summed E-state index contributed by atoms with van der Waals surface area (Å²) >= 11 is 12.0. The van der Waals surface area contributed by atoms with E-state index in [0.29, 0.717) is 10.0 Å². The maximum atomic E-state index is 11.8. The Hall–Kier alpha value is -1.07. The van der Waals surface area contributed by atoms with Crippen LogP contribution in [-0.4, -0.2) is 49.0 Å². The van der Waals surface area contributed by atoms with Crippen molar-refractivity contribution in [2.45, 2.75) is 0 Å². The summed E-state index contributed by atoms with van der Waals surface area (Å²) in [5.41, 5.74) is 3.58. The Balaban J connectivity index is 1.91. The molecule has 1 aliphatic rings. The Morgan fingerprint density at radius 2 is 1.95 bits per heavy atom. The van der Waals surface area contributed by atoms with E-state index in [0.717, 1.165) is 31.7 Å². The third-order valence-corrected chi connectivity index (χ3v) is 4.00. The first-order valence-electron chi connectivity index (χ1n) is 6.42. The van der Waals surface area contributed by atoms with Gasteiger partial charge in [0.25, 0.3) is 5.91 Å². The summed E-state index contributed by atoms with van der Waals surface area (Å²) in [6, 6.07) is 5.33. The fourth-order valence-corrected chi connectivity index (χ4v) is 2.30. The molecular weight excluding hydrogens is 297 g/mol. The molecule has 1 fully saturated rings. The second kappa shape index (κ2) is 7.09. The molecule has 1 amide bonds. The van der Waals surface area contributed by atoms with Gasteiger partial charge in [0.1, 0.15) is 0 Å². The molecule has 6 heteroatoms. The van der Waals surface area contributed by atoms with Gasteiger partial charge in [0.05, 0.1) is 10.0 Å². The van der Waals surface area contributed by atoms with Gasteiger partial charge in [0.15, 0.2) is 0 Å². The minimum Gasteiger partial charge on any atom is -0.304 e. The van der Waals surface area contributed by atoms with Gasteiger partial charge in [-0.05, 0) is 24.8 Å². The van der Waals surface area contributed by atoms with Crippen molar-refractivity contribution in [1.29, 1.82) is 0 Å². The first kappa shape index (κ1) is 15.3. The second-order valence-electron chi connectivity index (χ2n) is 4.74. The summed E-state index contributed by atoms with van der Waals surface area (Å²) in [5.74, 6) is -0.161. The molecule has 0 aliphatic carbocycles. The highest BCUT2D eigenvalue weighted by Gasteiger charge is 2.14. The van der Waals surface area contributed by atoms with Gasteiger partial charge in [-0.3, -0.25) is 10.2 Å². The predicted molar refractivity (Wildman–Crippen MR) is 82.7 cm³/mol. The average molecular weight is 314 g/mol. The number of amides is 1. The number of hydrogen-bond donors (Lipinski definition) is 1. The molecule has 1 N–H and O–H groups in total. The molecule has 1 aromatic carbocycles. The Kier molecular flexibility index (Phi) is 5.43. The van der Waals surface area contributed by atoms with E-state index >= 15 is 0 Å². The third kappa shape index (κ3) is 4.21. The van der Waals surface area contributed by atoms with E-state index < -0.39 is 0 Å². The molecular formula is C14H17Cl2N3O. The Labute approximate surface area is 128 Å². The summed E-state index contributed by atoms with van der Waals surface area (Å²) in [4.78, 5) is 14.1.